The maximum absolute atomic E-state index is 13.1. The normalized spacial score (nSPS) is 18.1. The first kappa shape index (κ1) is 19.6. The molecule has 1 aliphatic rings. The summed E-state index contributed by atoms with van der Waals surface area (Å²) in [6.45, 7) is 1.75. The number of nitrogens with one attached hydrogen (secondary N) is 1. The zero-order chi connectivity index (χ0) is 18.6. The van der Waals surface area contributed by atoms with Crippen LogP contribution in [0.2, 0.25) is 0 Å². The van der Waals surface area contributed by atoms with E-state index in [-0.39, 0.29) is 28.6 Å². The van der Waals surface area contributed by atoms with Gasteiger partial charge in [0, 0.05) is 11.3 Å². The molecular weight excluding hydrogens is 355 g/mol. The molecule has 1 amide bonds. The highest BCUT2D eigenvalue weighted by Gasteiger charge is 2.34. The molecule has 1 atom stereocenters. The summed E-state index contributed by atoms with van der Waals surface area (Å²) in [5.74, 6) is -0.751. The predicted molar refractivity (Wildman–Crippen MR) is 89.1 cm³/mol. The van der Waals surface area contributed by atoms with Crippen LogP contribution in [-0.4, -0.2) is 30.6 Å². The van der Waals surface area contributed by atoms with Gasteiger partial charge in [0.2, 0.25) is 0 Å². The minimum atomic E-state index is -4.54. The van der Waals surface area contributed by atoms with Crippen LogP contribution in [0.5, 0.6) is 5.75 Å². The largest absolute Gasteiger partial charge is 0.493 e. The van der Waals surface area contributed by atoms with E-state index in [2.05, 4.69) is 5.32 Å². The molecule has 8 heteroatoms. The number of rotatable bonds is 5. The van der Waals surface area contributed by atoms with Crippen molar-refractivity contribution in [3.63, 3.8) is 0 Å². The Labute approximate surface area is 148 Å². The van der Waals surface area contributed by atoms with Crippen LogP contribution in [0.25, 0.3) is 0 Å². The Hall–Kier alpha value is -1.70. The summed E-state index contributed by atoms with van der Waals surface area (Å²) in [7, 11) is 0. The molecule has 25 heavy (non-hydrogen) atoms. The van der Waals surface area contributed by atoms with Crippen LogP contribution >= 0.6 is 11.8 Å². The third kappa shape index (κ3) is 4.68. The molecule has 1 aliphatic carbocycles. The maximum Gasteiger partial charge on any atom is 0.416 e. The first-order chi connectivity index (χ1) is 11.8. The molecule has 2 rings (SSSR count). The van der Waals surface area contributed by atoms with Crippen LogP contribution in [0.3, 0.4) is 0 Å². The van der Waals surface area contributed by atoms with E-state index < -0.39 is 23.7 Å². The van der Waals surface area contributed by atoms with Crippen molar-refractivity contribution in [3.8, 4) is 5.75 Å². The number of ketones is 1. The molecule has 1 aromatic carbocycles. The molecule has 1 aromatic rings. The SMILES string of the molecule is CCOc1cc(C(F)(F)F)cc(SC)c1C(=O)NC1CCCCC1=O. The van der Waals surface area contributed by atoms with Crippen molar-refractivity contribution in [1.82, 2.24) is 5.32 Å². The van der Waals surface area contributed by atoms with Gasteiger partial charge in [-0.15, -0.1) is 11.8 Å². The number of ether oxygens (including phenoxy) is 1. The van der Waals surface area contributed by atoms with Crippen molar-refractivity contribution >= 4 is 23.5 Å². The van der Waals surface area contributed by atoms with Crippen LogP contribution in [0.1, 0.15) is 48.5 Å². The summed E-state index contributed by atoms with van der Waals surface area (Å²) in [5.41, 5.74) is -0.827. The second kappa shape index (κ2) is 8.12. The number of carbonyl (C=O) groups excluding carboxylic acids is 2. The number of carbonyl (C=O) groups is 2. The van der Waals surface area contributed by atoms with Crippen molar-refractivity contribution in [1.29, 1.82) is 0 Å². The highest BCUT2D eigenvalue weighted by molar-refractivity contribution is 7.98. The molecule has 1 N–H and O–H groups in total. The first-order valence-corrected chi connectivity index (χ1v) is 9.26. The van der Waals surface area contributed by atoms with E-state index in [1.54, 1.807) is 13.2 Å². The van der Waals surface area contributed by atoms with Gasteiger partial charge in [-0.1, -0.05) is 6.42 Å². The number of amides is 1. The third-order valence-electron chi connectivity index (χ3n) is 4.00. The second-order valence-electron chi connectivity index (χ2n) is 5.72. The Kier molecular flexibility index (Phi) is 6.37. The van der Waals surface area contributed by atoms with Crippen molar-refractivity contribution in [3.05, 3.63) is 23.3 Å². The predicted octanol–water partition coefficient (Wildman–Crippen LogP) is 4.07. The average molecular weight is 375 g/mol. The smallest absolute Gasteiger partial charge is 0.416 e. The fourth-order valence-electron chi connectivity index (χ4n) is 2.77. The van der Waals surface area contributed by atoms with E-state index in [1.165, 1.54) is 0 Å². The summed E-state index contributed by atoms with van der Waals surface area (Å²) >= 11 is 1.03. The molecule has 0 radical (unpaired) electrons. The molecule has 0 heterocycles. The lowest BCUT2D eigenvalue weighted by molar-refractivity contribution is -0.137. The van der Waals surface area contributed by atoms with Crippen LogP contribution in [0, 0.1) is 0 Å². The lowest BCUT2D eigenvalue weighted by atomic mass is 9.94. The Morgan fingerprint density at radius 2 is 2.08 bits per heavy atom. The second-order valence-corrected chi connectivity index (χ2v) is 6.57. The van der Waals surface area contributed by atoms with Gasteiger partial charge in [-0.05, 0) is 38.2 Å². The topological polar surface area (TPSA) is 55.4 Å². The van der Waals surface area contributed by atoms with Crippen molar-refractivity contribution in [2.45, 2.75) is 49.7 Å². The van der Waals surface area contributed by atoms with Crippen molar-refractivity contribution in [2.75, 3.05) is 12.9 Å². The van der Waals surface area contributed by atoms with Gasteiger partial charge in [-0.2, -0.15) is 13.2 Å². The third-order valence-corrected chi connectivity index (χ3v) is 4.76. The fraction of sp³-hybridized carbons (Fsp3) is 0.529. The van der Waals surface area contributed by atoms with Gasteiger partial charge in [0.1, 0.15) is 5.75 Å². The molecule has 0 spiro atoms. The van der Waals surface area contributed by atoms with Gasteiger partial charge in [0.05, 0.1) is 23.8 Å². The number of alkyl halides is 3. The first-order valence-electron chi connectivity index (χ1n) is 8.03. The molecule has 138 valence electrons. The van der Waals surface area contributed by atoms with E-state index in [0.717, 1.165) is 36.7 Å². The van der Waals surface area contributed by atoms with Gasteiger partial charge in [-0.25, -0.2) is 0 Å². The highest BCUT2D eigenvalue weighted by atomic mass is 32.2. The minimum absolute atomic E-state index is 0.0423. The molecule has 0 bridgehead atoms. The van der Waals surface area contributed by atoms with Gasteiger partial charge in [-0.3, -0.25) is 9.59 Å². The van der Waals surface area contributed by atoms with Crippen LogP contribution in [0.4, 0.5) is 13.2 Å². The molecule has 0 aromatic heterocycles. The minimum Gasteiger partial charge on any atom is -0.493 e. The van der Waals surface area contributed by atoms with E-state index in [1.807, 2.05) is 0 Å². The summed E-state index contributed by atoms with van der Waals surface area (Å²) in [4.78, 5) is 24.7. The fourth-order valence-corrected chi connectivity index (χ4v) is 3.42. The van der Waals surface area contributed by atoms with Crippen molar-refractivity contribution < 1.29 is 27.5 Å². The Bertz CT molecular complexity index is 661. The quantitative estimate of drug-likeness (QED) is 0.789. The average Bonchev–Trinajstić information content (AvgIpc) is 2.55. The Morgan fingerprint density at radius 3 is 2.64 bits per heavy atom. The van der Waals surface area contributed by atoms with Crippen LogP contribution in [0.15, 0.2) is 17.0 Å². The number of thioether (sulfide) groups is 1. The monoisotopic (exact) mass is 375 g/mol. The van der Waals surface area contributed by atoms with E-state index >= 15 is 0 Å². The molecule has 4 nitrogen and oxygen atoms in total. The number of halogens is 3. The molecule has 1 saturated carbocycles. The molecule has 0 aliphatic heterocycles. The summed E-state index contributed by atoms with van der Waals surface area (Å²) < 4.78 is 44.5. The summed E-state index contributed by atoms with van der Waals surface area (Å²) in [6.07, 6.45) is -0.364. The van der Waals surface area contributed by atoms with Gasteiger partial charge < -0.3 is 10.1 Å². The van der Waals surface area contributed by atoms with E-state index in [0.29, 0.717) is 12.8 Å². The Balaban J connectivity index is 2.40. The molecule has 0 saturated heterocycles. The molecular formula is C17H20F3NO3S. The van der Waals surface area contributed by atoms with Gasteiger partial charge in [0.15, 0.2) is 5.78 Å². The lowest BCUT2D eigenvalue weighted by Gasteiger charge is -2.23. The summed E-state index contributed by atoms with van der Waals surface area (Å²) in [5, 5.41) is 2.65. The lowest BCUT2D eigenvalue weighted by Crippen LogP contribution is -2.42. The number of Topliss-reactive ketones (excluding diaryl/α,β-unsaturated/α-hetero) is 1. The zero-order valence-electron chi connectivity index (χ0n) is 14.0. The number of hydrogen-bond acceptors (Lipinski definition) is 4. The number of benzene rings is 1. The number of hydrogen-bond donors (Lipinski definition) is 1. The maximum atomic E-state index is 13.1. The van der Waals surface area contributed by atoms with Gasteiger partial charge in [0.25, 0.3) is 5.91 Å². The van der Waals surface area contributed by atoms with Crippen LogP contribution < -0.4 is 10.1 Å². The molecule has 1 unspecified atom stereocenters. The van der Waals surface area contributed by atoms with Crippen LogP contribution in [-0.2, 0) is 11.0 Å². The van der Waals surface area contributed by atoms with Gasteiger partial charge >= 0.3 is 6.18 Å². The van der Waals surface area contributed by atoms with Crippen molar-refractivity contribution in [2.24, 2.45) is 0 Å². The zero-order valence-corrected chi connectivity index (χ0v) is 14.9. The van der Waals surface area contributed by atoms with E-state index in [9.17, 15) is 22.8 Å². The highest BCUT2D eigenvalue weighted by Crippen LogP contribution is 2.38. The van der Waals surface area contributed by atoms with E-state index in [4.69, 9.17) is 4.74 Å². The Morgan fingerprint density at radius 1 is 1.36 bits per heavy atom. The standard InChI is InChI=1S/C17H20F3NO3S/c1-3-24-13-8-10(17(18,19)20)9-14(25-2)15(13)16(23)21-11-6-4-5-7-12(11)22/h8-9,11H,3-7H2,1-2H3,(H,21,23). The summed E-state index contributed by atoms with van der Waals surface area (Å²) in [6, 6.07) is 1.18. The molecule has 1 fully saturated rings.